The smallest absolute Gasteiger partial charge is 0.429 e. The van der Waals surface area contributed by atoms with Gasteiger partial charge in [0, 0.05) is 0 Å². The molecule has 1 aromatic carbocycles. The van der Waals surface area contributed by atoms with E-state index in [2.05, 4.69) is 19.3 Å². The van der Waals surface area contributed by atoms with Crippen molar-refractivity contribution in [3.05, 3.63) is 29.8 Å². The number of nitrogens with zero attached hydrogens (tertiary/aromatic N) is 1. The maximum atomic E-state index is 12.2. The summed E-state index contributed by atoms with van der Waals surface area (Å²) in [6.45, 7) is 10.5. The zero-order chi connectivity index (χ0) is 19.5. The van der Waals surface area contributed by atoms with Crippen LogP contribution in [0, 0.1) is 5.92 Å². The minimum atomic E-state index is -0.707. The van der Waals surface area contributed by atoms with E-state index in [4.69, 9.17) is 14.2 Å². The van der Waals surface area contributed by atoms with E-state index >= 15 is 0 Å². The standard InChI is InChI=1S/C19H30N2O5/c1-6-24-18(22)20-21(19(23)25-7-2)15(5)16-8-10-17(11-9-16)26-13-12-14(3)4/h8-11,14-15H,6-7,12-13H2,1-5H3,(H,20,22). The Kier molecular flexibility index (Phi) is 9.33. The van der Waals surface area contributed by atoms with Crippen molar-refractivity contribution in [3.63, 3.8) is 0 Å². The van der Waals surface area contributed by atoms with Gasteiger partial charge in [0.2, 0.25) is 0 Å². The van der Waals surface area contributed by atoms with Crippen LogP contribution >= 0.6 is 0 Å². The first-order valence-electron chi connectivity index (χ1n) is 9.01. The Bertz CT molecular complexity index is 560. The Morgan fingerprint density at radius 1 is 1.04 bits per heavy atom. The monoisotopic (exact) mass is 366 g/mol. The maximum absolute atomic E-state index is 12.2. The van der Waals surface area contributed by atoms with Crippen LogP contribution in [0.2, 0.25) is 0 Å². The Balaban J connectivity index is 2.80. The first-order valence-corrected chi connectivity index (χ1v) is 9.01. The summed E-state index contributed by atoms with van der Waals surface area (Å²) in [5, 5.41) is 1.12. The first kappa shape index (κ1) is 21.6. The summed E-state index contributed by atoms with van der Waals surface area (Å²) in [6.07, 6.45) is -0.371. The highest BCUT2D eigenvalue weighted by atomic mass is 16.6. The lowest BCUT2D eigenvalue weighted by Gasteiger charge is -2.28. The lowest BCUT2D eigenvalue weighted by Crippen LogP contribution is -2.48. The van der Waals surface area contributed by atoms with Crippen LogP contribution in [0.4, 0.5) is 9.59 Å². The van der Waals surface area contributed by atoms with Crippen LogP contribution in [0.5, 0.6) is 5.75 Å². The van der Waals surface area contributed by atoms with Crippen molar-refractivity contribution in [2.45, 2.75) is 47.1 Å². The highest BCUT2D eigenvalue weighted by molar-refractivity contribution is 5.74. The number of benzene rings is 1. The van der Waals surface area contributed by atoms with Crippen molar-refractivity contribution >= 4 is 12.2 Å². The SMILES string of the molecule is CCOC(=O)NN(C(=O)OCC)C(C)c1ccc(OCCC(C)C)cc1. The third-order valence-corrected chi connectivity index (χ3v) is 3.67. The molecule has 0 aliphatic rings. The van der Waals surface area contributed by atoms with Crippen LogP contribution in [0.3, 0.4) is 0 Å². The average molecular weight is 366 g/mol. The molecule has 0 aromatic heterocycles. The molecule has 0 saturated carbocycles. The van der Waals surface area contributed by atoms with Gasteiger partial charge in [-0.05, 0) is 50.8 Å². The molecule has 0 heterocycles. The van der Waals surface area contributed by atoms with E-state index in [1.807, 2.05) is 24.3 Å². The van der Waals surface area contributed by atoms with Gasteiger partial charge in [-0.15, -0.1) is 0 Å². The second-order valence-electron chi connectivity index (χ2n) is 6.18. The fourth-order valence-corrected chi connectivity index (χ4v) is 2.16. The molecule has 1 N–H and O–H groups in total. The molecule has 7 nitrogen and oxygen atoms in total. The van der Waals surface area contributed by atoms with Crippen LogP contribution in [0.15, 0.2) is 24.3 Å². The van der Waals surface area contributed by atoms with Gasteiger partial charge in [0.25, 0.3) is 0 Å². The second-order valence-corrected chi connectivity index (χ2v) is 6.18. The van der Waals surface area contributed by atoms with Crippen molar-refractivity contribution in [1.82, 2.24) is 10.4 Å². The van der Waals surface area contributed by atoms with E-state index < -0.39 is 18.2 Å². The number of amides is 2. The predicted molar refractivity (Wildman–Crippen MR) is 98.8 cm³/mol. The molecule has 1 aromatic rings. The molecule has 0 saturated heterocycles. The van der Waals surface area contributed by atoms with E-state index in [1.54, 1.807) is 20.8 Å². The Hall–Kier alpha value is -2.44. The molecule has 0 radical (unpaired) electrons. The van der Waals surface area contributed by atoms with Crippen LogP contribution in [-0.4, -0.2) is 37.0 Å². The van der Waals surface area contributed by atoms with Crippen molar-refractivity contribution in [2.24, 2.45) is 5.92 Å². The van der Waals surface area contributed by atoms with Crippen LogP contribution in [0.1, 0.15) is 52.6 Å². The molecular formula is C19H30N2O5. The van der Waals surface area contributed by atoms with Gasteiger partial charge in [0.1, 0.15) is 5.75 Å². The van der Waals surface area contributed by atoms with E-state index in [0.717, 1.165) is 22.7 Å². The summed E-state index contributed by atoms with van der Waals surface area (Å²) in [5.74, 6) is 1.35. The van der Waals surface area contributed by atoms with Gasteiger partial charge in [0.05, 0.1) is 25.9 Å². The maximum Gasteiger partial charge on any atom is 0.429 e. The summed E-state index contributed by atoms with van der Waals surface area (Å²) < 4.78 is 15.6. The number of hydrogen-bond acceptors (Lipinski definition) is 5. The molecule has 1 unspecified atom stereocenters. The summed E-state index contributed by atoms with van der Waals surface area (Å²) in [4.78, 5) is 23.9. The molecule has 1 rings (SSSR count). The number of ether oxygens (including phenoxy) is 3. The zero-order valence-corrected chi connectivity index (χ0v) is 16.3. The minimum absolute atomic E-state index is 0.204. The summed E-state index contributed by atoms with van der Waals surface area (Å²) in [7, 11) is 0. The average Bonchev–Trinajstić information content (AvgIpc) is 2.60. The van der Waals surface area contributed by atoms with Crippen LogP contribution in [0.25, 0.3) is 0 Å². The second kappa shape index (κ2) is 11.2. The zero-order valence-electron chi connectivity index (χ0n) is 16.3. The van der Waals surface area contributed by atoms with Gasteiger partial charge in [-0.3, -0.25) is 0 Å². The van der Waals surface area contributed by atoms with Crippen molar-refractivity contribution < 1.29 is 23.8 Å². The molecule has 0 bridgehead atoms. The highest BCUT2D eigenvalue weighted by Gasteiger charge is 2.25. The molecule has 1 atom stereocenters. The number of carbonyl (C=O) groups is 2. The fraction of sp³-hybridized carbons (Fsp3) is 0.579. The van der Waals surface area contributed by atoms with Gasteiger partial charge in [-0.2, -0.15) is 0 Å². The lowest BCUT2D eigenvalue weighted by molar-refractivity contribution is 0.0582. The number of hydrogen-bond donors (Lipinski definition) is 1. The van der Waals surface area contributed by atoms with E-state index in [9.17, 15) is 9.59 Å². The lowest BCUT2D eigenvalue weighted by atomic mass is 10.1. The quantitative estimate of drug-likeness (QED) is 0.695. The largest absolute Gasteiger partial charge is 0.494 e. The molecule has 0 fully saturated rings. The summed E-state index contributed by atoms with van der Waals surface area (Å²) in [6, 6.07) is 6.96. The number of hydrazine groups is 1. The molecular weight excluding hydrogens is 336 g/mol. The predicted octanol–water partition coefficient (Wildman–Crippen LogP) is 4.29. The summed E-state index contributed by atoms with van der Waals surface area (Å²) >= 11 is 0. The van der Waals surface area contributed by atoms with Crippen molar-refractivity contribution in [1.29, 1.82) is 0 Å². The molecule has 0 spiro atoms. The van der Waals surface area contributed by atoms with Crippen molar-refractivity contribution in [2.75, 3.05) is 19.8 Å². The number of carbonyl (C=O) groups excluding carboxylic acids is 2. The van der Waals surface area contributed by atoms with Gasteiger partial charge >= 0.3 is 12.2 Å². The van der Waals surface area contributed by atoms with Crippen molar-refractivity contribution in [3.8, 4) is 5.75 Å². The molecule has 26 heavy (non-hydrogen) atoms. The Morgan fingerprint density at radius 3 is 2.19 bits per heavy atom. The van der Waals surface area contributed by atoms with Gasteiger partial charge in [0.15, 0.2) is 0 Å². The third-order valence-electron chi connectivity index (χ3n) is 3.67. The normalized spacial score (nSPS) is 11.6. The van der Waals surface area contributed by atoms with E-state index in [-0.39, 0.29) is 13.2 Å². The van der Waals surface area contributed by atoms with Gasteiger partial charge in [-0.25, -0.2) is 20.0 Å². The molecule has 0 aliphatic heterocycles. The fourth-order valence-electron chi connectivity index (χ4n) is 2.16. The molecule has 7 heteroatoms. The number of nitrogens with one attached hydrogen (secondary N) is 1. The van der Waals surface area contributed by atoms with Crippen LogP contribution < -0.4 is 10.2 Å². The first-order chi connectivity index (χ1) is 12.4. The molecule has 2 amide bonds. The third kappa shape index (κ3) is 7.21. The number of rotatable bonds is 8. The van der Waals surface area contributed by atoms with E-state index in [1.165, 1.54) is 0 Å². The van der Waals surface area contributed by atoms with Gasteiger partial charge in [-0.1, -0.05) is 26.0 Å². The molecule has 146 valence electrons. The highest BCUT2D eigenvalue weighted by Crippen LogP contribution is 2.22. The van der Waals surface area contributed by atoms with E-state index in [0.29, 0.717) is 12.5 Å². The topological polar surface area (TPSA) is 77.1 Å². The Morgan fingerprint density at radius 2 is 1.65 bits per heavy atom. The Labute approximate surface area is 155 Å². The van der Waals surface area contributed by atoms with Gasteiger partial charge < -0.3 is 14.2 Å². The van der Waals surface area contributed by atoms with Crippen LogP contribution in [-0.2, 0) is 9.47 Å². The minimum Gasteiger partial charge on any atom is -0.494 e. The molecule has 0 aliphatic carbocycles. The summed E-state index contributed by atoms with van der Waals surface area (Å²) in [5.41, 5.74) is 3.25.